The van der Waals surface area contributed by atoms with Crippen molar-refractivity contribution in [3.63, 3.8) is 0 Å². The van der Waals surface area contributed by atoms with E-state index in [0.717, 1.165) is 12.1 Å². The fourth-order valence-corrected chi connectivity index (χ4v) is 2.00. The standard InChI is InChI=1S/C15H17N/c1-11-8-14(9-12(2)15(11)16)10-13-6-4-3-5-7-13/h3-9H,10,16H2,1-2H3. The minimum absolute atomic E-state index is 0.914. The van der Waals surface area contributed by atoms with Gasteiger partial charge in [0, 0.05) is 5.69 Å². The van der Waals surface area contributed by atoms with Crippen molar-refractivity contribution in [2.75, 3.05) is 5.73 Å². The van der Waals surface area contributed by atoms with Crippen LogP contribution in [0.15, 0.2) is 42.5 Å². The van der Waals surface area contributed by atoms with Gasteiger partial charge in [-0.1, -0.05) is 42.5 Å². The third-order valence-electron chi connectivity index (χ3n) is 2.90. The maximum absolute atomic E-state index is 5.94. The summed E-state index contributed by atoms with van der Waals surface area (Å²) in [4.78, 5) is 0. The first kappa shape index (κ1) is 10.7. The zero-order chi connectivity index (χ0) is 11.5. The lowest BCUT2D eigenvalue weighted by atomic mass is 9.99. The summed E-state index contributed by atoms with van der Waals surface area (Å²) in [5.41, 5.74) is 11.9. The van der Waals surface area contributed by atoms with Crippen molar-refractivity contribution < 1.29 is 0 Å². The van der Waals surface area contributed by atoms with Crippen LogP contribution in [0.3, 0.4) is 0 Å². The number of rotatable bonds is 2. The minimum Gasteiger partial charge on any atom is -0.398 e. The molecule has 0 unspecified atom stereocenters. The van der Waals surface area contributed by atoms with E-state index in [9.17, 15) is 0 Å². The number of nitrogen functional groups attached to an aromatic ring is 1. The predicted molar refractivity (Wildman–Crippen MR) is 69.6 cm³/mol. The molecular formula is C15H17N. The largest absolute Gasteiger partial charge is 0.398 e. The molecule has 0 amide bonds. The Morgan fingerprint density at radius 2 is 1.44 bits per heavy atom. The van der Waals surface area contributed by atoms with Gasteiger partial charge in [-0.05, 0) is 42.5 Å². The Morgan fingerprint density at radius 3 is 2.00 bits per heavy atom. The molecule has 0 atom stereocenters. The average molecular weight is 211 g/mol. The molecule has 0 heterocycles. The van der Waals surface area contributed by atoms with E-state index in [2.05, 4.69) is 50.2 Å². The van der Waals surface area contributed by atoms with Crippen LogP contribution in [0, 0.1) is 13.8 Å². The summed E-state index contributed by atoms with van der Waals surface area (Å²) in [5.74, 6) is 0. The Bertz CT molecular complexity index is 463. The van der Waals surface area contributed by atoms with Gasteiger partial charge in [-0.25, -0.2) is 0 Å². The van der Waals surface area contributed by atoms with E-state index in [1.807, 2.05) is 6.07 Å². The lowest BCUT2D eigenvalue weighted by molar-refractivity contribution is 1.17. The maximum Gasteiger partial charge on any atom is 0.0373 e. The summed E-state index contributed by atoms with van der Waals surface area (Å²) in [6.07, 6.45) is 0.975. The highest BCUT2D eigenvalue weighted by Crippen LogP contribution is 2.20. The molecule has 0 aliphatic carbocycles. The first-order valence-corrected chi connectivity index (χ1v) is 5.56. The third-order valence-corrected chi connectivity index (χ3v) is 2.90. The number of hydrogen-bond acceptors (Lipinski definition) is 1. The van der Waals surface area contributed by atoms with Crippen LogP contribution in [-0.4, -0.2) is 0 Å². The van der Waals surface area contributed by atoms with Crippen molar-refractivity contribution in [3.8, 4) is 0 Å². The van der Waals surface area contributed by atoms with Gasteiger partial charge in [0.25, 0.3) is 0 Å². The quantitative estimate of drug-likeness (QED) is 0.756. The molecule has 0 saturated heterocycles. The Kier molecular flexibility index (Phi) is 2.95. The molecule has 16 heavy (non-hydrogen) atoms. The van der Waals surface area contributed by atoms with Crippen molar-refractivity contribution in [1.29, 1.82) is 0 Å². The predicted octanol–water partition coefficient (Wildman–Crippen LogP) is 3.48. The highest BCUT2D eigenvalue weighted by Gasteiger charge is 2.02. The molecule has 1 heteroatoms. The van der Waals surface area contributed by atoms with E-state index < -0.39 is 0 Å². The molecule has 0 aromatic heterocycles. The summed E-state index contributed by atoms with van der Waals surface area (Å²) in [7, 11) is 0. The summed E-state index contributed by atoms with van der Waals surface area (Å²) in [6.45, 7) is 4.13. The molecule has 0 aliphatic heterocycles. The van der Waals surface area contributed by atoms with Gasteiger partial charge in [-0.15, -0.1) is 0 Å². The number of nitrogens with two attached hydrogens (primary N) is 1. The van der Waals surface area contributed by atoms with E-state index >= 15 is 0 Å². The second-order valence-corrected chi connectivity index (χ2v) is 4.31. The van der Waals surface area contributed by atoms with Crippen molar-refractivity contribution in [3.05, 3.63) is 64.7 Å². The number of hydrogen-bond donors (Lipinski definition) is 1. The molecule has 0 fully saturated rings. The fraction of sp³-hybridized carbons (Fsp3) is 0.200. The van der Waals surface area contributed by atoms with Gasteiger partial charge in [0.15, 0.2) is 0 Å². The van der Waals surface area contributed by atoms with Crippen LogP contribution in [0.2, 0.25) is 0 Å². The van der Waals surface area contributed by atoms with Crippen LogP contribution in [0.25, 0.3) is 0 Å². The van der Waals surface area contributed by atoms with E-state index in [1.54, 1.807) is 0 Å². The van der Waals surface area contributed by atoms with Gasteiger partial charge < -0.3 is 5.73 Å². The summed E-state index contributed by atoms with van der Waals surface area (Å²) >= 11 is 0. The number of aryl methyl sites for hydroxylation is 2. The highest BCUT2D eigenvalue weighted by molar-refractivity contribution is 5.54. The van der Waals surface area contributed by atoms with E-state index in [4.69, 9.17) is 5.73 Å². The van der Waals surface area contributed by atoms with E-state index in [1.165, 1.54) is 22.3 Å². The normalized spacial score (nSPS) is 10.4. The molecule has 2 rings (SSSR count). The van der Waals surface area contributed by atoms with Crippen molar-refractivity contribution in [2.45, 2.75) is 20.3 Å². The Hall–Kier alpha value is -1.76. The third kappa shape index (κ3) is 2.25. The van der Waals surface area contributed by atoms with Crippen molar-refractivity contribution >= 4 is 5.69 Å². The lowest BCUT2D eigenvalue weighted by Crippen LogP contribution is -1.97. The van der Waals surface area contributed by atoms with Gasteiger partial charge in [0.1, 0.15) is 0 Å². The van der Waals surface area contributed by atoms with Crippen LogP contribution in [0.1, 0.15) is 22.3 Å². The fourth-order valence-electron chi connectivity index (χ4n) is 2.00. The Morgan fingerprint density at radius 1 is 0.875 bits per heavy atom. The van der Waals surface area contributed by atoms with Crippen molar-refractivity contribution in [2.24, 2.45) is 0 Å². The second kappa shape index (κ2) is 4.40. The molecule has 0 saturated carbocycles. The van der Waals surface area contributed by atoms with Gasteiger partial charge in [0.05, 0.1) is 0 Å². The maximum atomic E-state index is 5.94. The van der Waals surface area contributed by atoms with Gasteiger partial charge in [0.2, 0.25) is 0 Å². The zero-order valence-electron chi connectivity index (χ0n) is 9.83. The molecular weight excluding hydrogens is 194 g/mol. The molecule has 0 radical (unpaired) electrons. The lowest BCUT2D eigenvalue weighted by Gasteiger charge is -2.09. The monoisotopic (exact) mass is 211 g/mol. The van der Waals surface area contributed by atoms with E-state index in [0.29, 0.717) is 0 Å². The highest BCUT2D eigenvalue weighted by atomic mass is 14.6. The first-order chi connectivity index (χ1) is 7.66. The minimum atomic E-state index is 0.914. The topological polar surface area (TPSA) is 26.0 Å². The van der Waals surface area contributed by atoms with Gasteiger partial charge >= 0.3 is 0 Å². The molecule has 2 aromatic carbocycles. The van der Waals surface area contributed by atoms with Crippen molar-refractivity contribution in [1.82, 2.24) is 0 Å². The number of benzene rings is 2. The average Bonchev–Trinajstić information content (AvgIpc) is 2.27. The van der Waals surface area contributed by atoms with Crippen LogP contribution in [0.4, 0.5) is 5.69 Å². The molecule has 0 aliphatic rings. The Labute approximate surface area is 96.9 Å². The van der Waals surface area contributed by atoms with Crippen LogP contribution < -0.4 is 5.73 Å². The Balaban J connectivity index is 2.29. The van der Waals surface area contributed by atoms with Crippen LogP contribution >= 0.6 is 0 Å². The van der Waals surface area contributed by atoms with Crippen LogP contribution in [-0.2, 0) is 6.42 Å². The van der Waals surface area contributed by atoms with Gasteiger partial charge in [-0.3, -0.25) is 0 Å². The molecule has 2 N–H and O–H groups in total. The molecule has 2 aromatic rings. The zero-order valence-corrected chi connectivity index (χ0v) is 9.83. The molecule has 0 bridgehead atoms. The summed E-state index contributed by atoms with van der Waals surface area (Å²) < 4.78 is 0. The molecule has 82 valence electrons. The van der Waals surface area contributed by atoms with Gasteiger partial charge in [-0.2, -0.15) is 0 Å². The number of anilines is 1. The smallest absolute Gasteiger partial charge is 0.0373 e. The summed E-state index contributed by atoms with van der Waals surface area (Å²) in [6, 6.07) is 14.9. The molecule has 1 nitrogen and oxygen atoms in total. The molecule has 0 spiro atoms. The van der Waals surface area contributed by atoms with Crippen LogP contribution in [0.5, 0.6) is 0 Å². The SMILES string of the molecule is Cc1cc(Cc2ccccc2)cc(C)c1N. The second-order valence-electron chi connectivity index (χ2n) is 4.31. The summed E-state index contributed by atoms with van der Waals surface area (Å²) in [5, 5.41) is 0. The van der Waals surface area contributed by atoms with E-state index in [-0.39, 0.29) is 0 Å². The first-order valence-electron chi connectivity index (χ1n) is 5.56.